The van der Waals surface area contributed by atoms with Gasteiger partial charge in [-0.2, -0.15) is 0 Å². The standard InChI is InChI=1S/C32H52O4Si2/c1-25(23-33)21-22-29(26(2)30(24-34)35-37(9,10)31(3,4)5)36-38(32(6,7)8,27-17-13-11-14-18-27)28-19-15-12-16-20-28/h11-21,26,29-30,33-34H,22-24H2,1-10H3/b25-21-/t26-,29+,30-/m0/s1. The third kappa shape index (κ3) is 7.55. The number of benzene rings is 2. The molecule has 2 aromatic rings. The number of hydrogen-bond acceptors (Lipinski definition) is 4. The van der Waals surface area contributed by atoms with Gasteiger partial charge in [0.15, 0.2) is 8.32 Å². The van der Waals surface area contributed by atoms with Gasteiger partial charge < -0.3 is 19.1 Å². The van der Waals surface area contributed by atoms with Crippen molar-refractivity contribution in [1.82, 2.24) is 0 Å². The Morgan fingerprint density at radius 2 is 1.26 bits per heavy atom. The summed E-state index contributed by atoms with van der Waals surface area (Å²) in [5.74, 6) is -0.0708. The van der Waals surface area contributed by atoms with Crippen LogP contribution in [0.15, 0.2) is 72.3 Å². The van der Waals surface area contributed by atoms with Gasteiger partial charge in [0.05, 0.1) is 25.4 Å². The first-order chi connectivity index (χ1) is 17.6. The summed E-state index contributed by atoms with van der Waals surface area (Å²) in [6.07, 6.45) is 2.15. The van der Waals surface area contributed by atoms with Crippen LogP contribution in [0.3, 0.4) is 0 Å². The zero-order valence-electron chi connectivity index (χ0n) is 25.4. The van der Waals surface area contributed by atoms with E-state index in [1.165, 1.54) is 10.4 Å². The van der Waals surface area contributed by atoms with E-state index in [1.807, 2.05) is 6.92 Å². The molecule has 2 rings (SSSR count). The zero-order valence-corrected chi connectivity index (χ0v) is 27.4. The maximum absolute atomic E-state index is 10.6. The van der Waals surface area contributed by atoms with E-state index in [0.717, 1.165) is 5.57 Å². The summed E-state index contributed by atoms with van der Waals surface area (Å²) in [4.78, 5) is 0. The molecule has 38 heavy (non-hydrogen) atoms. The lowest BCUT2D eigenvalue weighted by Crippen LogP contribution is -2.68. The molecular weight excluding hydrogens is 505 g/mol. The molecule has 0 aliphatic rings. The molecule has 0 radical (unpaired) electrons. The maximum atomic E-state index is 10.6. The SMILES string of the molecule is C/C(=C/C[C@@H](O[Si](c1ccccc1)(c1ccccc1)C(C)(C)C)[C@H](C)[C@H](CO)O[Si](C)(C)C(C)(C)C)CO. The first-order valence-electron chi connectivity index (χ1n) is 13.9. The minimum Gasteiger partial charge on any atom is -0.411 e. The fraction of sp³-hybridized carbons (Fsp3) is 0.562. The lowest BCUT2D eigenvalue weighted by atomic mass is 9.95. The van der Waals surface area contributed by atoms with E-state index in [-0.39, 0.29) is 41.4 Å². The molecule has 0 heterocycles. The van der Waals surface area contributed by atoms with Gasteiger partial charge >= 0.3 is 0 Å². The van der Waals surface area contributed by atoms with Crippen LogP contribution < -0.4 is 10.4 Å². The predicted molar refractivity (Wildman–Crippen MR) is 166 cm³/mol. The molecule has 2 N–H and O–H groups in total. The molecule has 0 bridgehead atoms. The molecule has 2 aromatic carbocycles. The smallest absolute Gasteiger partial charge is 0.261 e. The van der Waals surface area contributed by atoms with Crippen LogP contribution in [0.1, 0.15) is 61.8 Å². The molecule has 0 saturated carbocycles. The van der Waals surface area contributed by atoms with Crippen molar-refractivity contribution in [2.45, 2.75) is 97.2 Å². The molecule has 0 fully saturated rings. The summed E-state index contributed by atoms with van der Waals surface area (Å²) in [5, 5.41) is 22.6. The first kappa shape index (κ1) is 32.7. The van der Waals surface area contributed by atoms with Crippen LogP contribution in [-0.2, 0) is 8.85 Å². The molecule has 0 saturated heterocycles. The average Bonchev–Trinajstić information content (AvgIpc) is 2.86. The third-order valence-electron chi connectivity index (χ3n) is 8.30. The molecular formula is C32H52O4Si2. The Labute approximate surface area is 234 Å². The van der Waals surface area contributed by atoms with E-state index in [9.17, 15) is 10.2 Å². The highest BCUT2D eigenvalue weighted by molar-refractivity contribution is 6.99. The monoisotopic (exact) mass is 556 g/mol. The summed E-state index contributed by atoms with van der Waals surface area (Å²) in [6, 6.07) is 21.3. The van der Waals surface area contributed by atoms with Gasteiger partial charge in [-0.05, 0) is 46.9 Å². The minimum absolute atomic E-state index is 0.0181. The van der Waals surface area contributed by atoms with Crippen LogP contribution in [0.2, 0.25) is 23.2 Å². The molecule has 4 nitrogen and oxygen atoms in total. The Kier molecular flexibility index (Phi) is 11.4. The van der Waals surface area contributed by atoms with Crippen LogP contribution in [0, 0.1) is 5.92 Å². The lowest BCUT2D eigenvalue weighted by Gasteiger charge is -2.48. The molecule has 0 amide bonds. The van der Waals surface area contributed by atoms with E-state index in [0.29, 0.717) is 6.42 Å². The van der Waals surface area contributed by atoms with Crippen LogP contribution in [-0.4, -0.2) is 52.3 Å². The summed E-state index contributed by atoms with van der Waals surface area (Å²) in [6.45, 7) is 22.0. The Hall–Kier alpha value is -1.55. The van der Waals surface area contributed by atoms with Crippen molar-refractivity contribution in [3.63, 3.8) is 0 Å². The van der Waals surface area contributed by atoms with E-state index in [1.54, 1.807) is 0 Å². The van der Waals surface area contributed by atoms with E-state index >= 15 is 0 Å². The van der Waals surface area contributed by atoms with Gasteiger partial charge in [0.1, 0.15) is 0 Å². The minimum atomic E-state index is -2.83. The van der Waals surface area contributed by atoms with Crippen molar-refractivity contribution >= 4 is 27.0 Å². The quantitative estimate of drug-likeness (QED) is 0.239. The van der Waals surface area contributed by atoms with Crippen LogP contribution in [0.5, 0.6) is 0 Å². The number of aliphatic hydroxyl groups is 2. The Morgan fingerprint density at radius 1 is 0.789 bits per heavy atom. The number of aliphatic hydroxyl groups excluding tert-OH is 2. The van der Waals surface area contributed by atoms with Gasteiger partial charge in [0.2, 0.25) is 0 Å². The number of hydrogen-bond donors (Lipinski definition) is 2. The molecule has 0 aliphatic heterocycles. The third-order valence-corrected chi connectivity index (χ3v) is 17.9. The fourth-order valence-corrected chi connectivity index (χ4v) is 11.0. The van der Waals surface area contributed by atoms with E-state index in [2.05, 4.69) is 128 Å². The van der Waals surface area contributed by atoms with Gasteiger partial charge in [-0.3, -0.25) is 0 Å². The van der Waals surface area contributed by atoms with E-state index < -0.39 is 16.6 Å². The molecule has 3 atom stereocenters. The van der Waals surface area contributed by atoms with Crippen molar-refractivity contribution in [3.8, 4) is 0 Å². The molecule has 0 aromatic heterocycles. The Balaban J connectivity index is 2.69. The lowest BCUT2D eigenvalue weighted by molar-refractivity contribution is 0.00658. The second kappa shape index (κ2) is 13.2. The highest BCUT2D eigenvalue weighted by atomic mass is 28.4. The maximum Gasteiger partial charge on any atom is 0.261 e. The van der Waals surface area contributed by atoms with Gasteiger partial charge in [-0.25, -0.2) is 0 Å². The zero-order chi connectivity index (χ0) is 28.8. The van der Waals surface area contributed by atoms with Gasteiger partial charge in [-0.1, -0.05) is 121 Å². The summed E-state index contributed by atoms with van der Waals surface area (Å²) < 4.78 is 14.3. The van der Waals surface area contributed by atoms with Gasteiger partial charge in [-0.15, -0.1) is 0 Å². The second-order valence-electron chi connectivity index (χ2n) is 13.2. The largest absolute Gasteiger partial charge is 0.411 e. The molecule has 0 aliphatic carbocycles. The topological polar surface area (TPSA) is 58.9 Å². The first-order valence-corrected chi connectivity index (χ1v) is 18.8. The van der Waals surface area contributed by atoms with E-state index in [4.69, 9.17) is 8.85 Å². The Morgan fingerprint density at radius 3 is 1.63 bits per heavy atom. The van der Waals surface area contributed by atoms with Crippen molar-refractivity contribution in [2.75, 3.05) is 13.2 Å². The highest BCUT2D eigenvalue weighted by Gasteiger charge is 2.52. The van der Waals surface area contributed by atoms with Gasteiger partial charge in [0, 0.05) is 5.92 Å². The molecule has 0 spiro atoms. The molecule has 212 valence electrons. The summed E-state index contributed by atoms with van der Waals surface area (Å²) >= 11 is 0. The normalized spacial score (nSPS) is 16.3. The Bertz CT molecular complexity index is 968. The predicted octanol–water partition coefficient (Wildman–Crippen LogP) is 6.28. The van der Waals surface area contributed by atoms with Crippen molar-refractivity contribution in [1.29, 1.82) is 0 Å². The average molecular weight is 557 g/mol. The molecule has 6 heteroatoms. The summed E-state index contributed by atoms with van der Waals surface area (Å²) in [5.41, 5.74) is 0.916. The molecule has 0 unspecified atom stereocenters. The van der Waals surface area contributed by atoms with Crippen molar-refractivity contribution in [2.24, 2.45) is 5.92 Å². The fourth-order valence-electron chi connectivity index (χ4n) is 4.78. The van der Waals surface area contributed by atoms with Crippen molar-refractivity contribution in [3.05, 3.63) is 72.3 Å². The van der Waals surface area contributed by atoms with Crippen LogP contribution >= 0.6 is 0 Å². The highest BCUT2D eigenvalue weighted by Crippen LogP contribution is 2.41. The van der Waals surface area contributed by atoms with Crippen molar-refractivity contribution < 1.29 is 19.1 Å². The number of rotatable bonds is 12. The second-order valence-corrected chi connectivity index (χ2v) is 22.2. The van der Waals surface area contributed by atoms with Gasteiger partial charge in [0.25, 0.3) is 8.32 Å². The summed E-state index contributed by atoms with van der Waals surface area (Å²) in [7, 11) is -4.96. The van der Waals surface area contributed by atoms with Crippen LogP contribution in [0.25, 0.3) is 0 Å². The van der Waals surface area contributed by atoms with Crippen LogP contribution in [0.4, 0.5) is 0 Å².